The molecule has 1 aliphatic rings. The Morgan fingerprint density at radius 3 is 2.69 bits per heavy atom. The van der Waals surface area contributed by atoms with Crippen LogP contribution in [0.25, 0.3) is 10.2 Å². The molecule has 0 bridgehead atoms. The monoisotopic (exact) mass is 433 g/mol. The van der Waals surface area contributed by atoms with Gasteiger partial charge in [0.2, 0.25) is 0 Å². The minimum atomic E-state index is -0.369. The second kappa shape index (κ2) is 8.75. The molecule has 1 fully saturated rings. The molecule has 2 heterocycles. The Hall–Kier alpha value is -2.06. The molecule has 3 aromatic rings. The van der Waals surface area contributed by atoms with Crippen LogP contribution in [0.15, 0.2) is 36.4 Å². The fourth-order valence-corrected chi connectivity index (χ4v) is 4.50. The fourth-order valence-electron chi connectivity index (χ4n) is 3.30. The molecule has 0 radical (unpaired) electrons. The number of amides is 1. The normalized spacial score (nSPS) is 15.0. The lowest BCUT2D eigenvalue weighted by Gasteiger charge is -2.29. The van der Waals surface area contributed by atoms with Crippen molar-refractivity contribution < 1.29 is 13.9 Å². The third-order valence-corrected chi connectivity index (χ3v) is 6.50. The van der Waals surface area contributed by atoms with Crippen LogP contribution >= 0.6 is 22.9 Å². The van der Waals surface area contributed by atoms with Gasteiger partial charge in [-0.1, -0.05) is 22.9 Å². The van der Waals surface area contributed by atoms with E-state index in [4.69, 9.17) is 21.3 Å². The van der Waals surface area contributed by atoms with Crippen molar-refractivity contribution >= 4 is 44.2 Å². The van der Waals surface area contributed by atoms with Crippen molar-refractivity contribution in [2.75, 3.05) is 44.3 Å². The maximum atomic E-state index is 13.3. The number of ether oxygens (including phenoxy) is 1. The molecule has 1 aliphatic heterocycles. The van der Waals surface area contributed by atoms with Crippen molar-refractivity contribution in [2.24, 2.45) is 0 Å². The van der Waals surface area contributed by atoms with Crippen molar-refractivity contribution in [3.05, 3.63) is 58.4 Å². The van der Waals surface area contributed by atoms with Crippen LogP contribution in [0.3, 0.4) is 0 Å². The Morgan fingerprint density at radius 2 is 1.97 bits per heavy atom. The summed E-state index contributed by atoms with van der Waals surface area (Å²) < 4.78 is 19.7. The zero-order chi connectivity index (χ0) is 20.4. The summed E-state index contributed by atoms with van der Waals surface area (Å²) in [6.07, 6.45) is 0. The largest absolute Gasteiger partial charge is 0.379 e. The minimum absolute atomic E-state index is 0.193. The molecule has 2 aromatic carbocycles. The summed E-state index contributed by atoms with van der Waals surface area (Å²) in [5.41, 5.74) is 2.14. The predicted octanol–water partition coefficient (Wildman–Crippen LogP) is 4.38. The summed E-state index contributed by atoms with van der Waals surface area (Å²) in [6, 6.07) is 9.39. The van der Waals surface area contributed by atoms with Crippen LogP contribution in [0.4, 0.5) is 9.52 Å². The highest BCUT2D eigenvalue weighted by atomic mass is 35.5. The standard InChI is InChI=1S/C21H21ClFN3O2S/c1-14-17(22)6-7-18-19(14)24-21(29-18)26(9-8-25-10-12-28-13-11-25)20(27)15-2-4-16(23)5-3-15/h2-7H,8-13H2,1H3. The molecule has 152 valence electrons. The van der Waals surface area contributed by atoms with Crippen LogP contribution in [-0.4, -0.2) is 55.2 Å². The van der Waals surface area contributed by atoms with E-state index in [-0.39, 0.29) is 11.7 Å². The van der Waals surface area contributed by atoms with Gasteiger partial charge in [-0.25, -0.2) is 9.37 Å². The Kier molecular flexibility index (Phi) is 6.10. The molecule has 4 rings (SSSR count). The number of morpholine rings is 1. The van der Waals surface area contributed by atoms with Gasteiger partial charge in [-0.2, -0.15) is 0 Å². The Labute approximate surface area is 177 Å². The van der Waals surface area contributed by atoms with Crippen molar-refractivity contribution in [1.82, 2.24) is 9.88 Å². The summed E-state index contributed by atoms with van der Waals surface area (Å²) in [7, 11) is 0. The Morgan fingerprint density at radius 1 is 1.24 bits per heavy atom. The summed E-state index contributed by atoms with van der Waals surface area (Å²) in [4.78, 5) is 21.9. The lowest BCUT2D eigenvalue weighted by atomic mass is 10.2. The molecular formula is C21H21ClFN3O2S. The quantitative estimate of drug-likeness (QED) is 0.599. The van der Waals surface area contributed by atoms with Gasteiger partial charge in [0.05, 0.1) is 23.4 Å². The van der Waals surface area contributed by atoms with Gasteiger partial charge in [0, 0.05) is 36.8 Å². The van der Waals surface area contributed by atoms with Gasteiger partial charge in [-0.3, -0.25) is 14.6 Å². The SMILES string of the molecule is Cc1c(Cl)ccc2sc(N(CCN3CCOCC3)C(=O)c3ccc(F)cc3)nc12. The van der Waals surface area contributed by atoms with Gasteiger partial charge in [-0.05, 0) is 48.9 Å². The summed E-state index contributed by atoms with van der Waals surface area (Å²) in [5, 5.41) is 1.27. The first kappa shape index (κ1) is 20.2. The van der Waals surface area contributed by atoms with E-state index < -0.39 is 0 Å². The lowest BCUT2D eigenvalue weighted by molar-refractivity contribution is 0.0391. The van der Waals surface area contributed by atoms with E-state index in [2.05, 4.69) is 4.90 Å². The number of hydrogen-bond acceptors (Lipinski definition) is 5. The van der Waals surface area contributed by atoms with E-state index in [0.717, 1.165) is 28.9 Å². The van der Waals surface area contributed by atoms with Crippen LogP contribution in [0.5, 0.6) is 0 Å². The number of nitrogens with zero attached hydrogens (tertiary/aromatic N) is 3. The van der Waals surface area contributed by atoms with Gasteiger partial charge in [0.1, 0.15) is 5.82 Å². The number of thiazole rings is 1. The second-order valence-electron chi connectivity index (χ2n) is 6.93. The number of carbonyl (C=O) groups is 1. The average Bonchev–Trinajstić information content (AvgIpc) is 3.17. The number of aromatic nitrogens is 1. The van der Waals surface area contributed by atoms with E-state index in [1.807, 2.05) is 19.1 Å². The smallest absolute Gasteiger partial charge is 0.260 e. The number of anilines is 1. The number of aryl methyl sites for hydroxylation is 1. The molecule has 0 atom stereocenters. The zero-order valence-electron chi connectivity index (χ0n) is 16.0. The summed E-state index contributed by atoms with van der Waals surface area (Å²) in [5.74, 6) is -0.562. The van der Waals surface area contributed by atoms with E-state index in [1.54, 1.807) is 4.90 Å². The zero-order valence-corrected chi connectivity index (χ0v) is 17.6. The number of fused-ring (bicyclic) bond motifs is 1. The second-order valence-corrected chi connectivity index (χ2v) is 8.35. The molecule has 8 heteroatoms. The van der Waals surface area contributed by atoms with Gasteiger partial charge < -0.3 is 4.74 Å². The van der Waals surface area contributed by atoms with Gasteiger partial charge in [-0.15, -0.1) is 0 Å². The van der Waals surface area contributed by atoms with Crippen molar-refractivity contribution in [3.8, 4) is 0 Å². The van der Waals surface area contributed by atoms with Gasteiger partial charge in [0.25, 0.3) is 5.91 Å². The Balaban J connectivity index is 1.66. The molecule has 0 aliphatic carbocycles. The first-order valence-electron chi connectivity index (χ1n) is 9.46. The predicted molar refractivity (Wildman–Crippen MR) is 115 cm³/mol. The first-order chi connectivity index (χ1) is 14.0. The number of hydrogen-bond donors (Lipinski definition) is 0. The first-order valence-corrected chi connectivity index (χ1v) is 10.7. The van der Waals surface area contributed by atoms with Crippen LogP contribution in [-0.2, 0) is 4.74 Å². The van der Waals surface area contributed by atoms with E-state index in [0.29, 0.717) is 42.0 Å². The highest BCUT2D eigenvalue weighted by Crippen LogP contribution is 2.34. The van der Waals surface area contributed by atoms with Crippen LogP contribution in [0.2, 0.25) is 5.02 Å². The number of benzene rings is 2. The topological polar surface area (TPSA) is 45.7 Å². The van der Waals surface area contributed by atoms with Crippen molar-refractivity contribution in [3.63, 3.8) is 0 Å². The van der Waals surface area contributed by atoms with Crippen LogP contribution in [0.1, 0.15) is 15.9 Å². The molecular weight excluding hydrogens is 413 g/mol. The molecule has 5 nitrogen and oxygen atoms in total. The lowest BCUT2D eigenvalue weighted by Crippen LogP contribution is -2.43. The maximum absolute atomic E-state index is 13.3. The van der Waals surface area contributed by atoms with Gasteiger partial charge in [0.15, 0.2) is 5.13 Å². The molecule has 29 heavy (non-hydrogen) atoms. The Bertz CT molecular complexity index is 1020. The molecule has 0 spiro atoms. The van der Waals surface area contributed by atoms with Crippen molar-refractivity contribution in [1.29, 1.82) is 0 Å². The fraction of sp³-hybridized carbons (Fsp3) is 0.333. The van der Waals surface area contributed by atoms with Crippen molar-refractivity contribution in [2.45, 2.75) is 6.92 Å². The number of rotatable bonds is 5. The highest BCUT2D eigenvalue weighted by molar-refractivity contribution is 7.22. The van der Waals surface area contributed by atoms with Crippen LogP contribution < -0.4 is 4.90 Å². The van der Waals surface area contributed by atoms with E-state index in [1.165, 1.54) is 35.6 Å². The molecule has 1 aromatic heterocycles. The van der Waals surface area contributed by atoms with Gasteiger partial charge >= 0.3 is 0 Å². The molecule has 1 saturated heterocycles. The molecule has 0 unspecified atom stereocenters. The highest BCUT2D eigenvalue weighted by Gasteiger charge is 2.23. The summed E-state index contributed by atoms with van der Waals surface area (Å²) in [6.45, 7) is 6.21. The van der Waals surface area contributed by atoms with Crippen LogP contribution in [0, 0.1) is 12.7 Å². The molecule has 0 saturated carbocycles. The molecule has 0 N–H and O–H groups in total. The minimum Gasteiger partial charge on any atom is -0.379 e. The third-order valence-electron chi connectivity index (χ3n) is 5.05. The number of carbonyl (C=O) groups excluding carboxylic acids is 1. The average molecular weight is 434 g/mol. The third kappa shape index (κ3) is 4.43. The molecule has 1 amide bonds. The summed E-state index contributed by atoms with van der Waals surface area (Å²) >= 11 is 7.70. The number of halogens is 2. The van der Waals surface area contributed by atoms with E-state index >= 15 is 0 Å². The maximum Gasteiger partial charge on any atom is 0.260 e. The van der Waals surface area contributed by atoms with E-state index in [9.17, 15) is 9.18 Å².